The molecule has 2 heterocycles. The molecule has 1 unspecified atom stereocenters. The third-order valence-corrected chi connectivity index (χ3v) is 6.76. The van der Waals surface area contributed by atoms with E-state index in [4.69, 9.17) is 4.74 Å². The first kappa shape index (κ1) is 25.4. The largest absolute Gasteiger partial charge is 0.485 e. The van der Waals surface area contributed by atoms with Crippen molar-refractivity contribution in [1.29, 1.82) is 0 Å². The van der Waals surface area contributed by atoms with Crippen LogP contribution in [0.1, 0.15) is 49.4 Å². The zero-order chi connectivity index (χ0) is 25.7. The predicted octanol–water partition coefficient (Wildman–Crippen LogP) is 4.46. The van der Waals surface area contributed by atoms with Gasteiger partial charge in [-0.1, -0.05) is 67.1 Å². The first-order valence-electron chi connectivity index (χ1n) is 12.4. The van der Waals surface area contributed by atoms with Gasteiger partial charge in [-0.05, 0) is 43.0 Å². The summed E-state index contributed by atoms with van der Waals surface area (Å²) in [6, 6.07) is 21.2. The van der Waals surface area contributed by atoms with Crippen molar-refractivity contribution in [3.8, 4) is 5.75 Å². The molecule has 1 fully saturated rings. The van der Waals surface area contributed by atoms with Gasteiger partial charge in [-0.2, -0.15) is 0 Å². The van der Waals surface area contributed by atoms with E-state index in [0.717, 1.165) is 5.56 Å². The molecule has 1 saturated heterocycles. The molecule has 0 bridgehead atoms. The first-order valence-corrected chi connectivity index (χ1v) is 12.4. The van der Waals surface area contributed by atoms with Gasteiger partial charge in [-0.25, -0.2) is 4.98 Å². The second-order valence-corrected chi connectivity index (χ2v) is 9.53. The van der Waals surface area contributed by atoms with E-state index >= 15 is 0 Å². The number of aromatic nitrogens is 1. The van der Waals surface area contributed by atoms with Gasteiger partial charge in [0.2, 0.25) is 11.8 Å². The molecule has 36 heavy (non-hydrogen) atoms. The molecule has 7 heteroatoms. The number of amides is 2. The molecule has 0 radical (unpaired) electrons. The summed E-state index contributed by atoms with van der Waals surface area (Å²) in [6.45, 7) is 9.06. The number of rotatable bonds is 9. The number of aryl methyl sites for hydroxylation is 1. The number of nitrogens with zero attached hydrogens (tertiary/aromatic N) is 2. The van der Waals surface area contributed by atoms with E-state index in [1.807, 2.05) is 30.3 Å². The van der Waals surface area contributed by atoms with Crippen molar-refractivity contribution in [1.82, 2.24) is 15.2 Å². The highest BCUT2D eigenvalue weighted by atomic mass is 16.5. The molecule has 4 rings (SSSR count). The van der Waals surface area contributed by atoms with Crippen LogP contribution in [-0.4, -0.2) is 46.9 Å². The number of likely N-dealkylation sites (tertiary alicyclic amines) is 1. The number of nitrogens with one attached hydrogen (secondary N) is 2. The highest BCUT2D eigenvalue weighted by molar-refractivity contribution is 5.94. The zero-order valence-corrected chi connectivity index (χ0v) is 21.3. The standard InChI is InChI=1S/C29H34N4O3/c1-19-10-12-23(13-11-19)20(2)21(3)31-28(24-8-6-5-7-9-24)29(35)32-27-15-14-25(16-30-27)36-26-17-33(18-26)22(4)34/h5-16,20-21,26,28,31H,17-18H2,1-4H3,(H,30,32,35)/t20-,21?,28-/m1/s1. The van der Waals surface area contributed by atoms with Crippen LogP contribution in [0.25, 0.3) is 0 Å². The number of carbonyl (C=O) groups is 2. The maximum atomic E-state index is 13.4. The summed E-state index contributed by atoms with van der Waals surface area (Å²) in [7, 11) is 0. The number of hydrogen-bond donors (Lipinski definition) is 2. The number of anilines is 1. The Bertz CT molecular complexity index is 1160. The van der Waals surface area contributed by atoms with Crippen molar-refractivity contribution in [3.05, 3.63) is 89.6 Å². The molecule has 2 N–H and O–H groups in total. The quantitative estimate of drug-likeness (QED) is 0.467. The topological polar surface area (TPSA) is 83.6 Å². The Hall–Kier alpha value is -3.71. The summed E-state index contributed by atoms with van der Waals surface area (Å²) in [5, 5.41) is 6.48. The maximum absolute atomic E-state index is 13.4. The molecule has 188 valence electrons. The fourth-order valence-electron chi connectivity index (χ4n) is 4.22. The van der Waals surface area contributed by atoms with Crippen molar-refractivity contribution < 1.29 is 14.3 Å². The van der Waals surface area contributed by atoms with Gasteiger partial charge in [0.15, 0.2) is 0 Å². The van der Waals surface area contributed by atoms with Crippen molar-refractivity contribution in [3.63, 3.8) is 0 Å². The minimum atomic E-state index is -0.542. The summed E-state index contributed by atoms with van der Waals surface area (Å²) < 4.78 is 5.85. The normalized spacial score (nSPS) is 15.9. The molecule has 0 saturated carbocycles. The molecule has 3 aromatic rings. The highest BCUT2D eigenvalue weighted by Gasteiger charge is 2.30. The lowest BCUT2D eigenvalue weighted by atomic mass is 9.92. The molecule has 1 aliphatic heterocycles. The fraction of sp³-hybridized carbons (Fsp3) is 0.345. The second kappa shape index (κ2) is 11.4. The van der Waals surface area contributed by atoms with Gasteiger partial charge in [0.1, 0.15) is 23.7 Å². The predicted molar refractivity (Wildman–Crippen MR) is 141 cm³/mol. The average molecular weight is 487 g/mol. The van der Waals surface area contributed by atoms with Gasteiger partial charge in [0.25, 0.3) is 0 Å². The van der Waals surface area contributed by atoms with Crippen LogP contribution in [0.3, 0.4) is 0 Å². The Balaban J connectivity index is 1.41. The number of pyridine rings is 1. The van der Waals surface area contributed by atoms with Gasteiger partial charge >= 0.3 is 0 Å². The highest BCUT2D eigenvalue weighted by Crippen LogP contribution is 2.24. The van der Waals surface area contributed by atoms with Crippen molar-refractivity contribution in [2.45, 2.75) is 51.8 Å². The number of hydrogen-bond acceptors (Lipinski definition) is 5. The van der Waals surface area contributed by atoms with Crippen molar-refractivity contribution in [2.24, 2.45) is 0 Å². The van der Waals surface area contributed by atoms with Crippen LogP contribution in [0.2, 0.25) is 0 Å². The molecule has 2 aromatic carbocycles. The van der Waals surface area contributed by atoms with Crippen LogP contribution in [0.15, 0.2) is 72.9 Å². The number of ether oxygens (including phenoxy) is 1. The monoisotopic (exact) mass is 486 g/mol. The van der Waals surface area contributed by atoms with Crippen LogP contribution in [-0.2, 0) is 9.59 Å². The third kappa shape index (κ3) is 6.29. The van der Waals surface area contributed by atoms with Crippen LogP contribution in [0, 0.1) is 6.92 Å². The minimum absolute atomic E-state index is 0.0280. The molecule has 1 aliphatic rings. The summed E-state index contributed by atoms with van der Waals surface area (Å²) in [5.74, 6) is 1.15. The molecule has 1 aromatic heterocycles. The van der Waals surface area contributed by atoms with E-state index < -0.39 is 6.04 Å². The van der Waals surface area contributed by atoms with Gasteiger partial charge in [0, 0.05) is 13.0 Å². The van der Waals surface area contributed by atoms with Crippen molar-refractivity contribution in [2.75, 3.05) is 18.4 Å². The summed E-state index contributed by atoms with van der Waals surface area (Å²) in [4.78, 5) is 30.8. The van der Waals surface area contributed by atoms with Crippen LogP contribution in [0.5, 0.6) is 5.75 Å². The van der Waals surface area contributed by atoms with E-state index in [1.54, 1.807) is 30.2 Å². The number of carbonyl (C=O) groups excluding carboxylic acids is 2. The van der Waals surface area contributed by atoms with E-state index in [2.05, 4.69) is 60.7 Å². The molecule has 0 aliphatic carbocycles. The van der Waals surface area contributed by atoms with Crippen molar-refractivity contribution >= 4 is 17.6 Å². The lowest BCUT2D eigenvalue weighted by Gasteiger charge is -2.38. The van der Waals surface area contributed by atoms with Gasteiger partial charge in [0.05, 0.1) is 19.3 Å². The Labute approximate surface area is 212 Å². The number of benzene rings is 2. The Morgan fingerprint density at radius 3 is 2.28 bits per heavy atom. The Kier molecular flexibility index (Phi) is 8.00. The zero-order valence-electron chi connectivity index (χ0n) is 21.3. The van der Waals surface area contributed by atoms with Crippen LogP contribution >= 0.6 is 0 Å². The minimum Gasteiger partial charge on any atom is -0.485 e. The molecule has 2 amide bonds. The fourth-order valence-corrected chi connectivity index (χ4v) is 4.22. The van der Waals surface area contributed by atoms with Gasteiger partial charge in [-0.15, -0.1) is 0 Å². The van der Waals surface area contributed by atoms with Crippen LogP contribution in [0.4, 0.5) is 5.82 Å². The van der Waals surface area contributed by atoms with E-state index in [-0.39, 0.29) is 29.9 Å². The van der Waals surface area contributed by atoms with Gasteiger partial charge < -0.3 is 15.0 Å². The molecule has 0 spiro atoms. The summed E-state index contributed by atoms with van der Waals surface area (Å²) in [6.07, 6.45) is 1.57. The average Bonchev–Trinajstić information content (AvgIpc) is 2.85. The summed E-state index contributed by atoms with van der Waals surface area (Å²) >= 11 is 0. The van der Waals surface area contributed by atoms with Gasteiger partial charge in [-0.3, -0.25) is 14.9 Å². The van der Waals surface area contributed by atoms with E-state index in [1.165, 1.54) is 11.1 Å². The Morgan fingerprint density at radius 2 is 1.67 bits per heavy atom. The molecule has 3 atom stereocenters. The SMILES string of the molecule is CC(=O)N1CC(Oc2ccc(NC(=O)[C@H](NC(C)[C@@H](C)c3ccc(C)cc3)c3ccccc3)nc2)C1. The van der Waals surface area contributed by atoms with Crippen LogP contribution < -0.4 is 15.4 Å². The lowest BCUT2D eigenvalue weighted by Crippen LogP contribution is -2.55. The summed E-state index contributed by atoms with van der Waals surface area (Å²) in [5.41, 5.74) is 3.34. The third-order valence-electron chi connectivity index (χ3n) is 6.76. The molecular weight excluding hydrogens is 452 g/mol. The maximum Gasteiger partial charge on any atom is 0.247 e. The first-order chi connectivity index (χ1) is 17.3. The Morgan fingerprint density at radius 1 is 0.972 bits per heavy atom. The molecular formula is C29H34N4O3. The molecule has 7 nitrogen and oxygen atoms in total. The smallest absolute Gasteiger partial charge is 0.247 e. The second-order valence-electron chi connectivity index (χ2n) is 9.53. The lowest BCUT2D eigenvalue weighted by molar-refractivity contribution is -0.137. The van der Waals surface area contributed by atoms with E-state index in [0.29, 0.717) is 24.7 Å². The van der Waals surface area contributed by atoms with E-state index in [9.17, 15) is 9.59 Å².